The van der Waals surface area contributed by atoms with Gasteiger partial charge in [0, 0.05) is 29.1 Å². The molecule has 0 radical (unpaired) electrons. The number of aromatic nitrogens is 2. The van der Waals surface area contributed by atoms with Crippen molar-refractivity contribution in [3.63, 3.8) is 0 Å². The minimum Gasteiger partial charge on any atom is -0.399 e. The molecule has 0 saturated carbocycles. The molecule has 6 nitrogen and oxygen atoms in total. The average molecular weight is 573 g/mol. The maximum atomic E-state index is 10.7. The Kier molecular flexibility index (Phi) is 10.2. The zero-order valence-corrected chi connectivity index (χ0v) is 23.5. The molecule has 1 saturated heterocycles. The number of hydrogen-bond donors (Lipinski definition) is 0. The minimum absolute atomic E-state index is 0.352. The Morgan fingerprint density at radius 2 is 1.29 bits per heavy atom. The predicted molar refractivity (Wildman–Crippen MR) is 155 cm³/mol. The second-order valence-electron chi connectivity index (χ2n) is 9.49. The molecule has 2 aromatic heterocycles. The number of rotatable bonds is 4. The highest BCUT2D eigenvalue weighted by molar-refractivity contribution is 9.10. The highest BCUT2D eigenvalue weighted by atomic mass is 79.9. The Balaban J connectivity index is 0.000000171. The standard InChI is InChI=1S/C13H17BO3.C12H9NO.C5H4BrN/c1-12(2)13(3,4)17-14(16-12)11-7-5-6-10(8-11)9-15;14-9-10-4-3-5-11(8-10)12-6-1-2-7-13-12;6-5-3-1-2-4-7-5/h5-9H,1-4H3;1-9H;1-4H. The van der Waals surface area contributed by atoms with Crippen LogP contribution in [0.5, 0.6) is 0 Å². The normalized spacial score (nSPS) is 14.8. The first kappa shape index (κ1) is 29.1. The quantitative estimate of drug-likeness (QED) is 0.164. The van der Waals surface area contributed by atoms with E-state index in [4.69, 9.17) is 9.31 Å². The van der Waals surface area contributed by atoms with Crippen molar-refractivity contribution in [1.82, 2.24) is 9.97 Å². The van der Waals surface area contributed by atoms with Crippen molar-refractivity contribution in [1.29, 1.82) is 0 Å². The molecule has 0 amide bonds. The number of carbonyl (C=O) groups is 2. The van der Waals surface area contributed by atoms with E-state index in [1.807, 2.05) is 94.4 Å². The van der Waals surface area contributed by atoms with E-state index >= 15 is 0 Å². The van der Waals surface area contributed by atoms with E-state index in [0.717, 1.165) is 33.9 Å². The molecule has 38 heavy (non-hydrogen) atoms. The van der Waals surface area contributed by atoms with Gasteiger partial charge in [-0.3, -0.25) is 14.6 Å². The molecule has 1 fully saturated rings. The number of carbonyl (C=O) groups excluding carboxylic acids is 2. The van der Waals surface area contributed by atoms with Crippen LogP contribution in [0.25, 0.3) is 11.3 Å². The summed E-state index contributed by atoms with van der Waals surface area (Å²) in [7, 11) is -0.403. The fourth-order valence-corrected chi connectivity index (χ4v) is 3.68. The van der Waals surface area contributed by atoms with Gasteiger partial charge in [0.2, 0.25) is 0 Å². The largest absolute Gasteiger partial charge is 0.494 e. The van der Waals surface area contributed by atoms with Gasteiger partial charge in [-0.05, 0) is 79.4 Å². The molecule has 0 aliphatic carbocycles. The van der Waals surface area contributed by atoms with Crippen molar-refractivity contribution in [3.05, 3.63) is 113 Å². The number of aldehydes is 2. The average Bonchev–Trinajstić information content (AvgIpc) is 3.17. The molecule has 1 aliphatic heterocycles. The molecule has 4 aromatic rings. The number of halogens is 1. The summed E-state index contributed by atoms with van der Waals surface area (Å²) < 4.78 is 12.7. The van der Waals surface area contributed by atoms with Crippen LogP contribution in [0.1, 0.15) is 48.4 Å². The molecule has 0 bridgehead atoms. The van der Waals surface area contributed by atoms with Crippen LogP contribution < -0.4 is 5.46 Å². The molecular weight excluding hydrogens is 543 g/mol. The predicted octanol–water partition coefficient (Wildman–Crippen LogP) is 6.20. The highest BCUT2D eigenvalue weighted by Crippen LogP contribution is 2.36. The summed E-state index contributed by atoms with van der Waals surface area (Å²) in [6.07, 6.45) is 5.15. The summed E-state index contributed by atoms with van der Waals surface area (Å²) in [5.74, 6) is 0. The van der Waals surface area contributed by atoms with E-state index in [1.165, 1.54) is 0 Å². The zero-order chi connectivity index (χ0) is 27.6. The van der Waals surface area contributed by atoms with E-state index in [9.17, 15) is 9.59 Å². The Labute approximate surface area is 232 Å². The van der Waals surface area contributed by atoms with Gasteiger partial charge in [-0.2, -0.15) is 0 Å². The van der Waals surface area contributed by atoms with Crippen LogP contribution >= 0.6 is 15.9 Å². The van der Waals surface area contributed by atoms with Gasteiger partial charge in [-0.15, -0.1) is 0 Å². The lowest BCUT2D eigenvalue weighted by Crippen LogP contribution is -2.41. The third-order valence-electron chi connectivity index (χ3n) is 6.18. The Hall–Kier alpha value is -3.46. The molecule has 0 unspecified atom stereocenters. The van der Waals surface area contributed by atoms with Gasteiger partial charge in [0.15, 0.2) is 0 Å². The summed E-state index contributed by atoms with van der Waals surface area (Å²) in [5.41, 5.74) is 3.34. The van der Waals surface area contributed by atoms with E-state index < -0.39 is 7.12 Å². The zero-order valence-electron chi connectivity index (χ0n) is 21.9. The van der Waals surface area contributed by atoms with Crippen molar-refractivity contribution in [2.24, 2.45) is 0 Å². The Morgan fingerprint density at radius 1 is 0.711 bits per heavy atom. The monoisotopic (exact) mass is 572 g/mol. The third kappa shape index (κ3) is 8.02. The molecule has 0 spiro atoms. The number of benzene rings is 2. The van der Waals surface area contributed by atoms with Gasteiger partial charge >= 0.3 is 7.12 Å². The van der Waals surface area contributed by atoms with Gasteiger partial charge < -0.3 is 9.31 Å². The van der Waals surface area contributed by atoms with E-state index in [2.05, 4.69) is 25.9 Å². The molecular formula is C30H30BBrN2O4. The van der Waals surface area contributed by atoms with E-state index in [-0.39, 0.29) is 11.2 Å². The SMILES string of the molecule is Brc1ccccn1.CC1(C)OB(c2cccc(C=O)c2)OC1(C)C.O=Cc1cccc(-c2ccccn2)c1. The van der Waals surface area contributed by atoms with Gasteiger partial charge in [-0.25, -0.2) is 4.98 Å². The third-order valence-corrected chi connectivity index (χ3v) is 6.65. The van der Waals surface area contributed by atoms with Crippen LogP contribution in [-0.4, -0.2) is 40.9 Å². The van der Waals surface area contributed by atoms with Crippen molar-refractivity contribution in [3.8, 4) is 11.3 Å². The van der Waals surface area contributed by atoms with Gasteiger partial charge in [0.1, 0.15) is 17.2 Å². The van der Waals surface area contributed by atoms with Crippen LogP contribution in [0.15, 0.2) is 102 Å². The summed E-state index contributed by atoms with van der Waals surface area (Å²) in [4.78, 5) is 29.4. The van der Waals surface area contributed by atoms with Crippen LogP contribution in [0.4, 0.5) is 0 Å². The highest BCUT2D eigenvalue weighted by Gasteiger charge is 2.51. The van der Waals surface area contributed by atoms with Crippen molar-refractivity contribution in [2.75, 3.05) is 0 Å². The first-order valence-corrected chi connectivity index (χ1v) is 12.9. The fraction of sp³-hybridized carbons (Fsp3) is 0.200. The second-order valence-corrected chi connectivity index (χ2v) is 10.3. The lowest BCUT2D eigenvalue weighted by Gasteiger charge is -2.32. The van der Waals surface area contributed by atoms with Crippen LogP contribution in [0.3, 0.4) is 0 Å². The molecule has 8 heteroatoms. The lowest BCUT2D eigenvalue weighted by molar-refractivity contribution is 0.00578. The van der Waals surface area contributed by atoms with Gasteiger partial charge in [0.05, 0.1) is 16.9 Å². The molecule has 1 aliphatic rings. The summed E-state index contributed by atoms with van der Waals surface area (Å²) in [5, 5.41) is 0. The number of hydrogen-bond acceptors (Lipinski definition) is 6. The molecule has 2 aromatic carbocycles. The smallest absolute Gasteiger partial charge is 0.399 e. The van der Waals surface area contributed by atoms with E-state index in [0.29, 0.717) is 11.1 Å². The first-order chi connectivity index (χ1) is 18.1. The summed E-state index contributed by atoms with van der Waals surface area (Å²) in [6.45, 7) is 8.04. The van der Waals surface area contributed by atoms with Gasteiger partial charge in [0.25, 0.3) is 0 Å². The number of nitrogens with zero attached hydrogens (tertiary/aromatic N) is 2. The minimum atomic E-state index is -0.403. The summed E-state index contributed by atoms with van der Waals surface area (Å²) >= 11 is 3.20. The summed E-state index contributed by atoms with van der Waals surface area (Å²) in [6, 6.07) is 26.1. The van der Waals surface area contributed by atoms with Crippen LogP contribution in [0, 0.1) is 0 Å². The van der Waals surface area contributed by atoms with Crippen LogP contribution in [0.2, 0.25) is 0 Å². The molecule has 5 rings (SSSR count). The first-order valence-electron chi connectivity index (χ1n) is 12.1. The van der Waals surface area contributed by atoms with E-state index in [1.54, 1.807) is 30.6 Å². The second kappa shape index (κ2) is 13.4. The maximum Gasteiger partial charge on any atom is 0.494 e. The molecule has 0 atom stereocenters. The number of pyridine rings is 2. The Morgan fingerprint density at radius 3 is 1.79 bits per heavy atom. The van der Waals surface area contributed by atoms with Crippen LogP contribution in [-0.2, 0) is 9.31 Å². The van der Waals surface area contributed by atoms with Crippen molar-refractivity contribution < 1.29 is 18.9 Å². The molecule has 0 N–H and O–H groups in total. The van der Waals surface area contributed by atoms with Crippen molar-refractivity contribution in [2.45, 2.75) is 38.9 Å². The van der Waals surface area contributed by atoms with Gasteiger partial charge in [-0.1, -0.05) is 54.6 Å². The Bertz CT molecular complexity index is 1320. The molecule has 194 valence electrons. The lowest BCUT2D eigenvalue weighted by atomic mass is 9.78. The topological polar surface area (TPSA) is 78.4 Å². The maximum absolute atomic E-state index is 10.7. The fourth-order valence-electron chi connectivity index (χ4n) is 3.40. The molecule has 3 heterocycles. The van der Waals surface area contributed by atoms with Crippen molar-refractivity contribution >= 4 is 41.1 Å².